The predicted octanol–water partition coefficient (Wildman–Crippen LogP) is 3.05. The Kier molecular flexibility index (Phi) is 4.92. The van der Waals surface area contributed by atoms with Crippen LogP contribution in [0.25, 0.3) is 22.5 Å². The Morgan fingerprint density at radius 1 is 1.14 bits per heavy atom. The highest BCUT2D eigenvalue weighted by Gasteiger charge is 2.16. The smallest absolute Gasteiger partial charge is 0.257 e. The Bertz CT molecular complexity index is 1230. The molecule has 8 nitrogen and oxygen atoms in total. The van der Waals surface area contributed by atoms with E-state index in [2.05, 4.69) is 15.1 Å². The molecule has 0 saturated carbocycles. The average Bonchev–Trinajstić information content (AvgIpc) is 3.30. The molecular weight excluding hydrogens is 398 g/mol. The number of nitrogens with two attached hydrogens (primary N) is 1. The number of benzene rings is 2. The molecule has 10 heteroatoms. The monoisotopic (exact) mass is 415 g/mol. The number of sulfonamides is 1. The second kappa shape index (κ2) is 7.38. The first kappa shape index (κ1) is 18.7. The predicted molar refractivity (Wildman–Crippen MR) is 106 cm³/mol. The fourth-order valence-corrected chi connectivity index (χ4v) is 4.28. The lowest BCUT2D eigenvalue weighted by Gasteiger charge is -2.04. The van der Waals surface area contributed by atoms with Gasteiger partial charge in [-0.05, 0) is 37.3 Å². The van der Waals surface area contributed by atoms with Crippen LogP contribution in [0.2, 0.25) is 0 Å². The SMILES string of the molecule is CCn1c(SCc2noc(-c3ccccc3)n2)nc2cc(S(N)(=O)=O)ccc21. The third-order valence-corrected chi connectivity index (χ3v) is 6.03. The quantitative estimate of drug-likeness (QED) is 0.481. The molecule has 0 aliphatic rings. The van der Waals surface area contributed by atoms with Crippen LogP contribution in [0.3, 0.4) is 0 Å². The van der Waals surface area contributed by atoms with Crippen molar-refractivity contribution >= 4 is 32.8 Å². The van der Waals surface area contributed by atoms with Crippen LogP contribution < -0.4 is 5.14 Å². The summed E-state index contributed by atoms with van der Waals surface area (Å²) in [7, 11) is -3.77. The Morgan fingerprint density at radius 2 is 1.93 bits per heavy atom. The topological polar surface area (TPSA) is 117 Å². The zero-order valence-electron chi connectivity index (χ0n) is 14.9. The van der Waals surface area contributed by atoms with Crippen molar-refractivity contribution in [3.8, 4) is 11.5 Å². The van der Waals surface area contributed by atoms with Crippen LogP contribution in [0.4, 0.5) is 0 Å². The number of fused-ring (bicyclic) bond motifs is 1. The third kappa shape index (κ3) is 3.66. The van der Waals surface area contributed by atoms with E-state index < -0.39 is 10.0 Å². The number of rotatable bonds is 6. The summed E-state index contributed by atoms with van der Waals surface area (Å²) in [6, 6.07) is 14.3. The van der Waals surface area contributed by atoms with Crippen molar-refractivity contribution in [2.45, 2.75) is 29.3 Å². The summed E-state index contributed by atoms with van der Waals surface area (Å²) in [6.45, 7) is 2.69. The van der Waals surface area contributed by atoms with Crippen molar-refractivity contribution in [1.29, 1.82) is 0 Å². The summed E-state index contributed by atoms with van der Waals surface area (Å²) in [5.74, 6) is 1.50. The Hall–Kier alpha value is -2.69. The molecule has 0 atom stereocenters. The molecule has 0 aliphatic heterocycles. The molecule has 0 fully saturated rings. The Labute approximate surface area is 165 Å². The zero-order valence-corrected chi connectivity index (χ0v) is 16.6. The molecule has 2 heterocycles. The van der Waals surface area contributed by atoms with Gasteiger partial charge in [0.05, 0.1) is 21.7 Å². The summed E-state index contributed by atoms with van der Waals surface area (Å²) < 4.78 is 30.5. The zero-order chi connectivity index (χ0) is 19.7. The van der Waals surface area contributed by atoms with Crippen LogP contribution in [0.5, 0.6) is 0 Å². The molecule has 144 valence electrons. The molecule has 0 saturated heterocycles. The van der Waals surface area contributed by atoms with E-state index in [0.29, 0.717) is 29.5 Å². The minimum Gasteiger partial charge on any atom is -0.334 e. The first-order chi connectivity index (χ1) is 13.5. The number of thioether (sulfide) groups is 1. The maximum atomic E-state index is 11.6. The maximum Gasteiger partial charge on any atom is 0.257 e. The van der Waals surface area contributed by atoms with E-state index in [1.54, 1.807) is 6.07 Å². The van der Waals surface area contributed by atoms with Crippen molar-refractivity contribution in [1.82, 2.24) is 19.7 Å². The number of aryl methyl sites for hydroxylation is 1. The highest BCUT2D eigenvalue weighted by atomic mass is 32.2. The van der Waals surface area contributed by atoms with E-state index in [-0.39, 0.29) is 4.90 Å². The summed E-state index contributed by atoms with van der Waals surface area (Å²) >= 11 is 1.46. The summed E-state index contributed by atoms with van der Waals surface area (Å²) in [5, 5.41) is 9.98. The third-order valence-electron chi connectivity index (χ3n) is 4.15. The van der Waals surface area contributed by atoms with Crippen molar-refractivity contribution in [2.24, 2.45) is 5.14 Å². The fraction of sp³-hybridized carbons (Fsp3) is 0.167. The Balaban J connectivity index is 1.59. The van der Waals surface area contributed by atoms with Gasteiger partial charge in [0.2, 0.25) is 10.0 Å². The van der Waals surface area contributed by atoms with Gasteiger partial charge >= 0.3 is 0 Å². The number of nitrogens with zero attached hydrogens (tertiary/aromatic N) is 4. The van der Waals surface area contributed by atoms with E-state index in [4.69, 9.17) is 9.66 Å². The normalized spacial score (nSPS) is 11.9. The van der Waals surface area contributed by atoms with Crippen LogP contribution >= 0.6 is 11.8 Å². The molecule has 0 spiro atoms. The number of aromatic nitrogens is 4. The second-order valence-electron chi connectivity index (χ2n) is 6.00. The van der Waals surface area contributed by atoms with E-state index in [1.165, 1.54) is 23.9 Å². The van der Waals surface area contributed by atoms with Gasteiger partial charge in [-0.2, -0.15) is 4.98 Å². The van der Waals surface area contributed by atoms with E-state index >= 15 is 0 Å². The van der Waals surface area contributed by atoms with Gasteiger partial charge in [-0.3, -0.25) is 0 Å². The molecule has 4 aromatic rings. The van der Waals surface area contributed by atoms with Crippen molar-refractivity contribution in [3.63, 3.8) is 0 Å². The molecule has 0 bridgehead atoms. The van der Waals surface area contributed by atoms with Gasteiger partial charge in [0, 0.05) is 12.1 Å². The summed E-state index contributed by atoms with van der Waals surface area (Å²) in [6.07, 6.45) is 0. The molecule has 0 aliphatic carbocycles. The largest absolute Gasteiger partial charge is 0.334 e. The van der Waals surface area contributed by atoms with E-state index in [9.17, 15) is 8.42 Å². The molecule has 0 unspecified atom stereocenters. The van der Waals surface area contributed by atoms with Gasteiger partial charge in [0.1, 0.15) is 0 Å². The van der Waals surface area contributed by atoms with Gasteiger partial charge in [-0.1, -0.05) is 35.1 Å². The lowest BCUT2D eigenvalue weighted by molar-refractivity contribution is 0.425. The van der Waals surface area contributed by atoms with E-state index in [1.807, 2.05) is 41.8 Å². The Morgan fingerprint density at radius 3 is 2.64 bits per heavy atom. The van der Waals surface area contributed by atoms with Crippen molar-refractivity contribution in [3.05, 3.63) is 54.4 Å². The molecule has 0 radical (unpaired) electrons. The fourth-order valence-electron chi connectivity index (χ4n) is 2.82. The summed E-state index contributed by atoms with van der Waals surface area (Å²) in [5.41, 5.74) is 2.28. The molecule has 28 heavy (non-hydrogen) atoms. The van der Waals surface area contributed by atoms with Crippen LogP contribution in [0.15, 0.2) is 63.1 Å². The number of hydrogen-bond donors (Lipinski definition) is 1. The maximum absolute atomic E-state index is 11.6. The number of imidazole rings is 1. The first-order valence-electron chi connectivity index (χ1n) is 8.49. The van der Waals surface area contributed by atoms with Gasteiger partial charge in [0.25, 0.3) is 5.89 Å². The van der Waals surface area contributed by atoms with Crippen LogP contribution in [0.1, 0.15) is 12.7 Å². The van der Waals surface area contributed by atoms with Crippen LogP contribution in [-0.2, 0) is 22.3 Å². The summed E-state index contributed by atoms with van der Waals surface area (Å²) in [4.78, 5) is 9.02. The minimum absolute atomic E-state index is 0.0444. The number of primary sulfonamides is 1. The van der Waals surface area contributed by atoms with Gasteiger partial charge in [-0.25, -0.2) is 18.5 Å². The standard InChI is InChI=1S/C18H17N5O3S2/c1-2-23-15-9-8-13(28(19,24)25)10-14(15)20-18(23)27-11-16-21-17(26-22-16)12-6-4-3-5-7-12/h3-10H,2,11H2,1H3,(H2,19,24,25). The van der Waals surface area contributed by atoms with Crippen LogP contribution in [0, 0.1) is 0 Å². The highest BCUT2D eigenvalue weighted by Crippen LogP contribution is 2.28. The molecule has 2 aromatic carbocycles. The molecular formula is C18H17N5O3S2. The van der Waals surface area contributed by atoms with Gasteiger partial charge in [-0.15, -0.1) is 0 Å². The van der Waals surface area contributed by atoms with Gasteiger partial charge in [0.15, 0.2) is 11.0 Å². The lowest BCUT2D eigenvalue weighted by Crippen LogP contribution is -2.11. The van der Waals surface area contributed by atoms with Gasteiger partial charge < -0.3 is 9.09 Å². The van der Waals surface area contributed by atoms with E-state index in [0.717, 1.165) is 16.2 Å². The molecule has 0 amide bonds. The molecule has 2 aromatic heterocycles. The lowest BCUT2D eigenvalue weighted by atomic mass is 10.2. The van der Waals surface area contributed by atoms with Crippen molar-refractivity contribution < 1.29 is 12.9 Å². The average molecular weight is 416 g/mol. The highest BCUT2D eigenvalue weighted by molar-refractivity contribution is 7.98. The minimum atomic E-state index is -3.77. The molecule has 2 N–H and O–H groups in total. The first-order valence-corrected chi connectivity index (χ1v) is 11.0. The second-order valence-corrected chi connectivity index (χ2v) is 8.51. The number of hydrogen-bond acceptors (Lipinski definition) is 7. The van der Waals surface area contributed by atoms with Crippen molar-refractivity contribution in [2.75, 3.05) is 0 Å². The molecule has 4 rings (SSSR count). The van der Waals surface area contributed by atoms with Crippen LogP contribution in [-0.4, -0.2) is 28.1 Å².